The average Bonchev–Trinajstić information content (AvgIpc) is 3.25. The van der Waals surface area contributed by atoms with Crippen molar-refractivity contribution in [2.24, 2.45) is 12.0 Å². The normalized spacial score (nSPS) is 11.9. The van der Waals surface area contributed by atoms with Crippen LogP contribution in [0.1, 0.15) is 5.56 Å². The van der Waals surface area contributed by atoms with Gasteiger partial charge in [0.2, 0.25) is 0 Å². The van der Waals surface area contributed by atoms with E-state index >= 15 is 0 Å². The number of aliphatic imine (C=N–C) groups is 1. The number of phenols is 1. The van der Waals surface area contributed by atoms with Gasteiger partial charge in [0.1, 0.15) is 17.3 Å². The summed E-state index contributed by atoms with van der Waals surface area (Å²) in [4.78, 5) is 7.21. The molecule has 0 radical (unpaired) electrons. The molecule has 0 aliphatic heterocycles. The van der Waals surface area contributed by atoms with Crippen LogP contribution in [0.25, 0.3) is 22.3 Å². The first-order chi connectivity index (χ1) is 13.5. The van der Waals surface area contributed by atoms with E-state index in [-0.39, 0.29) is 28.2 Å². The molecular weight excluding hydrogens is 368 g/mol. The molecular formula is C19H15F2N5O2. The zero-order chi connectivity index (χ0) is 19.8. The minimum atomic E-state index is -0.796. The lowest BCUT2D eigenvalue weighted by Gasteiger charge is -2.09. The van der Waals surface area contributed by atoms with Crippen molar-refractivity contribution in [2.75, 3.05) is 0 Å². The summed E-state index contributed by atoms with van der Waals surface area (Å²) >= 11 is 0. The van der Waals surface area contributed by atoms with Crippen LogP contribution in [0.2, 0.25) is 0 Å². The largest absolute Gasteiger partial charge is 0.508 e. The van der Waals surface area contributed by atoms with Crippen molar-refractivity contribution in [2.45, 2.75) is 0 Å². The molecule has 0 saturated carbocycles. The number of benzene rings is 2. The van der Waals surface area contributed by atoms with E-state index in [2.05, 4.69) is 15.1 Å². The molecule has 4 rings (SSSR count). The highest BCUT2D eigenvalue weighted by Crippen LogP contribution is 2.33. The van der Waals surface area contributed by atoms with Crippen LogP contribution in [-0.2, 0) is 7.05 Å². The fourth-order valence-corrected chi connectivity index (χ4v) is 3.10. The first-order valence-corrected chi connectivity index (χ1v) is 8.26. The highest BCUT2D eigenvalue weighted by atomic mass is 19.1. The zero-order valence-electron chi connectivity index (χ0n) is 14.6. The van der Waals surface area contributed by atoms with Gasteiger partial charge in [-0.05, 0) is 30.3 Å². The summed E-state index contributed by atoms with van der Waals surface area (Å²) in [5, 5.41) is 23.4. The smallest absolute Gasteiger partial charge is 0.160 e. The molecule has 0 fully saturated rings. The van der Waals surface area contributed by atoms with E-state index in [0.717, 1.165) is 6.07 Å². The van der Waals surface area contributed by atoms with Crippen molar-refractivity contribution < 1.29 is 19.1 Å². The lowest BCUT2D eigenvalue weighted by Crippen LogP contribution is -2.21. The number of nitrogens with zero attached hydrogens (tertiary/aromatic N) is 3. The Hall–Kier alpha value is -3.72. The molecule has 4 N–H and O–H groups in total. The number of halogens is 2. The number of hydrogen-bond donors (Lipinski definition) is 4. The number of hydroxylamine groups is 1. The monoisotopic (exact) mass is 383 g/mol. The molecule has 0 bridgehead atoms. The van der Waals surface area contributed by atoms with Crippen molar-refractivity contribution in [3.05, 3.63) is 65.9 Å². The van der Waals surface area contributed by atoms with Crippen molar-refractivity contribution in [1.29, 1.82) is 0 Å². The van der Waals surface area contributed by atoms with E-state index in [4.69, 9.17) is 0 Å². The van der Waals surface area contributed by atoms with Gasteiger partial charge in [-0.15, -0.1) is 0 Å². The topological polar surface area (TPSA) is 98.5 Å². The number of fused-ring (bicyclic) bond motifs is 1. The van der Waals surface area contributed by atoms with Crippen LogP contribution in [0.5, 0.6) is 5.75 Å². The molecule has 9 heteroatoms. The third-order valence-electron chi connectivity index (χ3n) is 4.36. The molecule has 0 aliphatic rings. The molecule has 0 aliphatic carbocycles. The summed E-state index contributed by atoms with van der Waals surface area (Å²) in [6, 6.07) is 9.62. The second-order valence-electron chi connectivity index (χ2n) is 6.09. The van der Waals surface area contributed by atoms with Gasteiger partial charge in [-0.1, -0.05) is 6.07 Å². The number of rotatable bonds is 3. The fraction of sp³-hybridized carbons (Fsp3) is 0.0526. The first kappa shape index (κ1) is 17.7. The summed E-state index contributed by atoms with van der Waals surface area (Å²) in [5.74, 6) is -1.76. The number of hydrogen-bond acceptors (Lipinski definition) is 4. The van der Waals surface area contributed by atoms with Gasteiger partial charge in [0.15, 0.2) is 11.7 Å². The van der Waals surface area contributed by atoms with Gasteiger partial charge in [-0.3, -0.25) is 15.4 Å². The van der Waals surface area contributed by atoms with Crippen LogP contribution in [0.4, 0.5) is 14.5 Å². The highest BCUT2D eigenvalue weighted by molar-refractivity contribution is 6.15. The van der Waals surface area contributed by atoms with E-state index in [1.54, 1.807) is 36.1 Å². The van der Waals surface area contributed by atoms with Crippen LogP contribution in [0.15, 0.2) is 53.7 Å². The molecule has 0 amide bonds. The van der Waals surface area contributed by atoms with E-state index in [0.29, 0.717) is 16.9 Å². The molecule has 7 nitrogen and oxygen atoms in total. The minimum Gasteiger partial charge on any atom is -0.508 e. The number of H-pyrrole nitrogens is 1. The maximum Gasteiger partial charge on any atom is 0.160 e. The van der Waals surface area contributed by atoms with Gasteiger partial charge in [0.05, 0.1) is 17.0 Å². The van der Waals surface area contributed by atoms with Crippen LogP contribution in [0.3, 0.4) is 0 Å². The van der Waals surface area contributed by atoms with Crippen molar-refractivity contribution >= 4 is 22.4 Å². The Kier molecular flexibility index (Phi) is 4.28. The van der Waals surface area contributed by atoms with Gasteiger partial charge in [-0.2, -0.15) is 5.10 Å². The fourth-order valence-electron chi connectivity index (χ4n) is 3.10. The number of phenolic OH excluding ortho intramolecular Hbond substituents is 1. The first-order valence-electron chi connectivity index (χ1n) is 8.26. The third kappa shape index (κ3) is 2.87. The van der Waals surface area contributed by atoms with E-state index in [9.17, 15) is 19.1 Å². The second-order valence-corrected chi connectivity index (χ2v) is 6.09. The standard InChI is InChI=1S/C19H15F2N5O2/c1-26-15(7-8-22-26)18-17(16-11(20)3-2-4-14(16)23-18)19(25-28)24-13-6-5-10(27)9-12(13)21/h2-9,23,27-28H,1H3,(H,24,25). The molecule has 0 atom stereocenters. The van der Waals surface area contributed by atoms with Crippen molar-refractivity contribution in [1.82, 2.24) is 20.2 Å². The summed E-state index contributed by atoms with van der Waals surface area (Å²) in [7, 11) is 1.71. The number of amidine groups is 1. The quantitative estimate of drug-likeness (QED) is 0.247. The maximum absolute atomic E-state index is 14.7. The molecule has 0 spiro atoms. The number of aromatic amines is 1. The Morgan fingerprint density at radius 2 is 2.00 bits per heavy atom. The molecule has 142 valence electrons. The maximum atomic E-state index is 14.7. The van der Waals surface area contributed by atoms with Crippen molar-refractivity contribution in [3.63, 3.8) is 0 Å². The molecule has 0 unspecified atom stereocenters. The predicted molar refractivity (Wildman–Crippen MR) is 99.6 cm³/mol. The zero-order valence-corrected chi connectivity index (χ0v) is 14.6. The Bertz CT molecular complexity index is 1210. The summed E-state index contributed by atoms with van der Waals surface area (Å²) < 4.78 is 30.4. The van der Waals surface area contributed by atoms with Gasteiger partial charge in [0, 0.05) is 30.2 Å². The number of aromatic hydroxyl groups is 1. The van der Waals surface area contributed by atoms with Crippen LogP contribution >= 0.6 is 0 Å². The highest BCUT2D eigenvalue weighted by Gasteiger charge is 2.22. The number of nitrogens with one attached hydrogen (secondary N) is 2. The summed E-state index contributed by atoms with van der Waals surface area (Å²) in [6.45, 7) is 0. The predicted octanol–water partition coefficient (Wildman–Crippen LogP) is 3.61. The third-order valence-corrected chi connectivity index (χ3v) is 4.36. The molecule has 28 heavy (non-hydrogen) atoms. The van der Waals surface area contributed by atoms with E-state index < -0.39 is 11.6 Å². The molecule has 2 aromatic heterocycles. The van der Waals surface area contributed by atoms with Crippen LogP contribution in [0, 0.1) is 11.6 Å². The molecule has 4 aromatic rings. The Balaban J connectivity index is 2.02. The average molecular weight is 383 g/mol. The minimum absolute atomic E-state index is 0.143. The van der Waals surface area contributed by atoms with Crippen LogP contribution in [-0.4, -0.2) is 30.9 Å². The lowest BCUT2D eigenvalue weighted by molar-refractivity contribution is 0.235. The molecule has 2 heterocycles. The van der Waals surface area contributed by atoms with Gasteiger partial charge >= 0.3 is 0 Å². The molecule has 2 aromatic carbocycles. The van der Waals surface area contributed by atoms with E-state index in [1.165, 1.54) is 18.2 Å². The Labute approximate surface area is 157 Å². The Morgan fingerprint density at radius 3 is 2.68 bits per heavy atom. The van der Waals surface area contributed by atoms with Crippen molar-refractivity contribution in [3.8, 4) is 17.1 Å². The number of aryl methyl sites for hydroxylation is 1. The Morgan fingerprint density at radius 1 is 1.18 bits per heavy atom. The van der Waals surface area contributed by atoms with Gasteiger partial charge in [-0.25, -0.2) is 13.8 Å². The summed E-state index contributed by atoms with van der Waals surface area (Å²) in [5.41, 5.74) is 3.54. The van der Waals surface area contributed by atoms with E-state index in [1.807, 2.05) is 5.48 Å². The van der Waals surface area contributed by atoms with Gasteiger partial charge < -0.3 is 10.1 Å². The lowest BCUT2D eigenvalue weighted by atomic mass is 10.1. The molecule has 0 saturated heterocycles. The SMILES string of the molecule is Cn1nccc1-c1[nH]c2cccc(F)c2c1C(=Nc1ccc(O)cc1F)NO. The van der Waals surface area contributed by atoms with Gasteiger partial charge in [0.25, 0.3) is 0 Å². The second kappa shape index (κ2) is 6.78. The summed E-state index contributed by atoms with van der Waals surface area (Å²) in [6.07, 6.45) is 1.57. The van der Waals surface area contributed by atoms with Crippen LogP contribution < -0.4 is 5.48 Å². The number of aromatic nitrogens is 3.